The zero-order valence-electron chi connectivity index (χ0n) is 37.0. The minimum absolute atomic E-state index is 0.150. The highest BCUT2D eigenvalue weighted by Gasteiger charge is 2.53. The van der Waals surface area contributed by atoms with E-state index in [4.69, 9.17) is 0 Å². The molecule has 0 N–H and O–H groups in total. The average molecular weight is 843 g/mol. The molecule has 0 aliphatic heterocycles. The quantitative estimate of drug-likeness (QED) is 0.158. The Kier molecular flexibility index (Phi) is 8.51. The summed E-state index contributed by atoms with van der Waals surface area (Å²) in [5, 5.41) is 0. The largest absolute Gasteiger partial charge is 0.310 e. The normalized spacial score (nSPS) is 15.3. The van der Waals surface area contributed by atoms with Crippen LogP contribution in [0.4, 0.5) is 34.1 Å². The van der Waals surface area contributed by atoms with E-state index in [9.17, 15) is 0 Å². The molecule has 1 atom stereocenters. The van der Waals surface area contributed by atoms with Crippen LogP contribution in [0.25, 0.3) is 44.5 Å². The number of hydrogen-bond donors (Lipinski definition) is 0. The van der Waals surface area contributed by atoms with Gasteiger partial charge in [-0.25, -0.2) is 0 Å². The van der Waals surface area contributed by atoms with E-state index in [0.29, 0.717) is 0 Å². The fourth-order valence-electron chi connectivity index (χ4n) is 11.8. The van der Waals surface area contributed by atoms with Crippen molar-refractivity contribution in [2.75, 3.05) is 9.80 Å². The van der Waals surface area contributed by atoms with Crippen molar-refractivity contribution in [2.24, 2.45) is 0 Å². The molecule has 1 spiro atoms. The lowest BCUT2D eigenvalue weighted by Gasteiger charge is -2.33. The van der Waals surface area contributed by atoms with Gasteiger partial charge in [0.05, 0.1) is 11.1 Å². The van der Waals surface area contributed by atoms with Gasteiger partial charge in [0.2, 0.25) is 0 Å². The highest BCUT2D eigenvalue weighted by Crippen LogP contribution is 2.65. The Morgan fingerprint density at radius 1 is 0.273 bits per heavy atom. The van der Waals surface area contributed by atoms with Gasteiger partial charge < -0.3 is 9.80 Å². The molecule has 0 bridgehead atoms. The van der Waals surface area contributed by atoms with Gasteiger partial charge in [-0.2, -0.15) is 0 Å². The van der Waals surface area contributed by atoms with Crippen LogP contribution < -0.4 is 9.80 Å². The van der Waals surface area contributed by atoms with E-state index in [0.717, 1.165) is 34.1 Å². The second-order valence-corrected chi connectivity index (χ2v) is 18.4. The summed E-state index contributed by atoms with van der Waals surface area (Å²) in [6.07, 6.45) is 0. The third-order valence-electron chi connectivity index (χ3n) is 14.7. The first-order valence-corrected chi connectivity index (χ1v) is 23.1. The molecule has 3 aliphatic rings. The summed E-state index contributed by atoms with van der Waals surface area (Å²) in [4.78, 5) is 4.91. The summed E-state index contributed by atoms with van der Waals surface area (Å²) in [7, 11) is 0. The van der Waals surface area contributed by atoms with Gasteiger partial charge in [0.15, 0.2) is 0 Å². The minimum Gasteiger partial charge on any atom is -0.310 e. The van der Waals surface area contributed by atoms with Crippen molar-refractivity contribution in [1.82, 2.24) is 0 Å². The van der Waals surface area contributed by atoms with Crippen LogP contribution in [-0.4, -0.2) is 0 Å². The number of hydrogen-bond acceptors (Lipinski definition) is 2. The molecule has 10 aromatic carbocycles. The van der Waals surface area contributed by atoms with Crippen molar-refractivity contribution in [3.8, 4) is 44.5 Å². The van der Waals surface area contributed by atoms with E-state index >= 15 is 0 Å². The van der Waals surface area contributed by atoms with Crippen LogP contribution in [0.3, 0.4) is 0 Å². The first kappa shape index (κ1) is 38.3. The molecule has 10 aromatic rings. The van der Waals surface area contributed by atoms with E-state index in [2.05, 4.69) is 266 Å². The Morgan fingerprint density at radius 2 is 0.697 bits per heavy atom. The highest BCUT2D eigenvalue weighted by molar-refractivity contribution is 6.02. The zero-order chi connectivity index (χ0) is 44.0. The van der Waals surface area contributed by atoms with Crippen molar-refractivity contribution in [3.63, 3.8) is 0 Å². The van der Waals surface area contributed by atoms with Crippen molar-refractivity contribution in [2.45, 2.75) is 24.7 Å². The molecule has 0 radical (unpaired) electrons. The minimum atomic E-state index is -0.562. The van der Waals surface area contributed by atoms with Crippen LogP contribution >= 0.6 is 0 Å². The third-order valence-corrected chi connectivity index (χ3v) is 14.7. The number of anilines is 6. The lowest BCUT2D eigenvalue weighted by atomic mass is 9.70. The highest BCUT2D eigenvalue weighted by atomic mass is 15.2. The smallest absolute Gasteiger partial charge is 0.0727 e. The van der Waals surface area contributed by atoms with Gasteiger partial charge in [0.25, 0.3) is 0 Å². The Hall–Kier alpha value is -8.20. The molecule has 1 unspecified atom stereocenters. The number of fused-ring (bicyclic) bond motifs is 13. The molecule has 2 nitrogen and oxygen atoms in total. The first-order chi connectivity index (χ1) is 32.5. The number of rotatable bonds is 7. The van der Waals surface area contributed by atoms with Crippen LogP contribution in [0.5, 0.6) is 0 Å². The Labute approximate surface area is 387 Å². The Morgan fingerprint density at radius 3 is 1.35 bits per heavy atom. The van der Waals surface area contributed by atoms with Gasteiger partial charge in [-0.3, -0.25) is 0 Å². The fourth-order valence-corrected chi connectivity index (χ4v) is 11.8. The second kappa shape index (κ2) is 14.7. The maximum Gasteiger partial charge on any atom is 0.0727 e. The van der Waals surface area contributed by atoms with Gasteiger partial charge in [-0.1, -0.05) is 190 Å². The van der Waals surface area contributed by atoms with Crippen LogP contribution in [-0.2, 0) is 10.8 Å². The summed E-state index contributed by atoms with van der Waals surface area (Å²) in [5.41, 5.74) is 24.2. The fraction of sp³-hybridized carbons (Fsp3) is 0.0625. The molecule has 0 heterocycles. The first-order valence-electron chi connectivity index (χ1n) is 23.1. The molecule has 3 aliphatic carbocycles. The SMILES string of the molecule is CC1(C)c2ccccc2-c2ccc(N(c3ccc(-c4ccccc4)cc3)c3cccc4c3-c3ccccc3C43c4ccccc4-c4ccc(N(c5ccccc5)c5ccccc5)cc43)cc21. The van der Waals surface area contributed by atoms with Crippen LogP contribution in [0, 0.1) is 0 Å². The molecular weight excluding hydrogens is 797 g/mol. The molecule has 0 saturated carbocycles. The summed E-state index contributed by atoms with van der Waals surface area (Å²) in [6.45, 7) is 4.75. The van der Waals surface area contributed by atoms with Gasteiger partial charge in [-0.15, -0.1) is 0 Å². The van der Waals surface area contributed by atoms with Gasteiger partial charge in [-0.05, 0) is 139 Å². The topological polar surface area (TPSA) is 6.48 Å². The molecule has 312 valence electrons. The number of para-hydroxylation sites is 2. The van der Waals surface area contributed by atoms with E-state index in [1.165, 1.54) is 77.9 Å². The summed E-state index contributed by atoms with van der Waals surface area (Å²) < 4.78 is 0. The van der Waals surface area contributed by atoms with Crippen molar-refractivity contribution in [1.29, 1.82) is 0 Å². The predicted octanol–water partition coefficient (Wildman–Crippen LogP) is 16.9. The molecule has 0 saturated heterocycles. The monoisotopic (exact) mass is 842 g/mol. The third kappa shape index (κ3) is 5.48. The van der Waals surface area contributed by atoms with Gasteiger partial charge in [0.1, 0.15) is 0 Å². The van der Waals surface area contributed by atoms with E-state index in [1.807, 2.05) is 0 Å². The second-order valence-electron chi connectivity index (χ2n) is 18.4. The maximum absolute atomic E-state index is 2.52. The van der Waals surface area contributed by atoms with Crippen molar-refractivity contribution < 1.29 is 0 Å². The van der Waals surface area contributed by atoms with Crippen molar-refractivity contribution in [3.05, 3.63) is 276 Å². The molecule has 0 aromatic heterocycles. The molecule has 13 rings (SSSR count). The lowest BCUT2D eigenvalue weighted by molar-refractivity contribution is 0.660. The molecular formula is C64H46N2. The summed E-state index contributed by atoms with van der Waals surface area (Å²) in [6, 6.07) is 90.0. The number of benzene rings is 10. The predicted molar refractivity (Wildman–Crippen MR) is 275 cm³/mol. The summed E-state index contributed by atoms with van der Waals surface area (Å²) in [5.74, 6) is 0. The number of nitrogens with zero attached hydrogens (tertiary/aromatic N) is 2. The maximum atomic E-state index is 2.52. The van der Waals surface area contributed by atoms with E-state index in [-0.39, 0.29) is 5.41 Å². The molecule has 0 amide bonds. The van der Waals surface area contributed by atoms with E-state index in [1.54, 1.807) is 0 Å². The molecule has 2 heteroatoms. The lowest BCUT2D eigenvalue weighted by Crippen LogP contribution is -2.26. The molecule has 66 heavy (non-hydrogen) atoms. The standard InChI is InChI=1S/C64H46N2/c1-63(2)55-28-15-12-25-50(55)52-39-38-49(41-59(52)63)66(47-35-33-44(34-36-47)43-19-6-3-7-20-43)61-32-18-31-58-62(61)54-27-14-17-30-57(54)64(58)56-29-16-13-26-51(56)53-40-37-48(42-60(53)64)65(45-21-8-4-9-22-45)46-23-10-5-11-24-46/h3-42H,1-2H3. The average Bonchev–Trinajstić information content (AvgIpc) is 3.94. The van der Waals surface area contributed by atoms with Crippen LogP contribution in [0.1, 0.15) is 47.2 Å². The van der Waals surface area contributed by atoms with Gasteiger partial charge in [0, 0.05) is 39.4 Å². The Balaban J connectivity index is 1.06. The summed E-state index contributed by atoms with van der Waals surface area (Å²) >= 11 is 0. The van der Waals surface area contributed by atoms with Crippen molar-refractivity contribution >= 4 is 34.1 Å². The van der Waals surface area contributed by atoms with E-state index < -0.39 is 5.41 Å². The molecule has 0 fully saturated rings. The Bertz CT molecular complexity index is 3460. The van der Waals surface area contributed by atoms with Crippen LogP contribution in [0.15, 0.2) is 243 Å². The van der Waals surface area contributed by atoms with Gasteiger partial charge >= 0.3 is 0 Å². The van der Waals surface area contributed by atoms with Crippen LogP contribution in [0.2, 0.25) is 0 Å². The zero-order valence-corrected chi connectivity index (χ0v) is 37.0.